The van der Waals surface area contributed by atoms with Crippen LogP contribution in [0, 0.1) is 0 Å². The van der Waals surface area contributed by atoms with E-state index >= 15 is 0 Å². The zero-order chi connectivity index (χ0) is 24.3. The number of nitrogens with one attached hydrogen (secondary N) is 1. The number of halogens is 1. The number of carbonyl (C=O) groups excluding carboxylic acids is 1. The van der Waals surface area contributed by atoms with Crippen LogP contribution >= 0.6 is 11.6 Å². The Morgan fingerprint density at radius 3 is 1.82 bits per heavy atom. The van der Waals surface area contributed by atoms with Crippen molar-refractivity contribution < 1.29 is 34.0 Å². The number of carbonyl (C=O) groups is 1. The first-order valence-electron chi connectivity index (χ1n) is 10.3. The van der Waals surface area contributed by atoms with Gasteiger partial charge in [-0.05, 0) is 54.6 Å². The highest BCUT2D eigenvalue weighted by Crippen LogP contribution is 2.35. The van der Waals surface area contributed by atoms with E-state index in [1.165, 1.54) is 0 Å². The van der Waals surface area contributed by atoms with Gasteiger partial charge in [-0.2, -0.15) is 0 Å². The van der Waals surface area contributed by atoms with Gasteiger partial charge in [-0.25, -0.2) is 0 Å². The molecule has 2 unspecified atom stereocenters. The number of aliphatic hydroxyl groups is 2. The van der Waals surface area contributed by atoms with Crippen LogP contribution < -0.4 is 14.8 Å². The minimum atomic E-state index is -1.17. The van der Waals surface area contributed by atoms with Crippen LogP contribution in [-0.4, -0.2) is 68.2 Å². The molecule has 0 aliphatic carbocycles. The van der Waals surface area contributed by atoms with Crippen molar-refractivity contribution in [1.82, 2.24) is 5.32 Å². The summed E-state index contributed by atoms with van der Waals surface area (Å²) in [6, 6.07) is 14.2. The molecule has 9 heteroatoms. The van der Waals surface area contributed by atoms with Crippen LogP contribution in [0.1, 0.15) is 11.1 Å². The Morgan fingerprint density at radius 2 is 1.42 bits per heavy atom. The molecule has 1 amide bonds. The predicted molar refractivity (Wildman–Crippen MR) is 125 cm³/mol. The molecular formula is C24H30ClNO7. The van der Waals surface area contributed by atoms with Gasteiger partial charge in [0.1, 0.15) is 36.9 Å². The maximum atomic E-state index is 11.2. The molecule has 0 fully saturated rings. The number of benzene rings is 2. The molecular weight excluding hydrogens is 450 g/mol. The Bertz CT molecular complexity index is 869. The van der Waals surface area contributed by atoms with Gasteiger partial charge < -0.3 is 34.5 Å². The van der Waals surface area contributed by atoms with E-state index in [0.29, 0.717) is 11.5 Å². The molecule has 0 aromatic heterocycles. The molecule has 0 aliphatic heterocycles. The number of rotatable bonds is 14. The summed E-state index contributed by atoms with van der Waals surface area (Å²) in [5.41, 5.74) is 1.46. The SMILES string of the molecule is C=CC(=O)NCC(O)COc1ccc(C(OC)(OC)c2ccc(OCC(O)CCl)cc2)cc1. The standard InChI is InChI=1S/C24H30ClNO7/c1-4-23(29)26-14-20(28)16-33-22-11-7-18(8-12-22)24(30-2,31-3)17-5-9-21(10-6-17)32-15-19(27)13-25/h4-12,19-20,27-28H,1,13-16H2,2-3H3,(H,26,29). The third kappa shape index (κ3) is 7.45. The fourth-order valence-corrected chi connectivity index (χ4v) is 3.13. The van der Waals surface area contributed by atoms with E-state index in [4.69, 9.17) is 30.5 Å². The Morgan fingerprint density at radius 1 is 0.970 bits per heavy atom. The van der Waals surface area contributed by atoms with Gasteiger partial charge >= 0.3 is 0 Å². The van der Waals surface area contributed by atoms with Gasteiger partial charge in [-0.1, -0.05) is 6.58 Å². The zero-order valence-corrected chi connectivity index (χ0v) is 19.5. The van der Waals surface area contributed by atoms with E-state index in [1.54, 1.807) is 50.6 Å². The van der Waals surface area contributed by atoms with Gasteiger partial charge in [0.25, 0.3) is 0 Å². The van der Waals surface area contributed by atoms with Crippen molar-refractivity contribution in [2.75, 3.05) is 39.9 Å². The number of ether oxygens (including phenoxy) is 4. The summed E-state index contributed by atoms with van der Waals surface area (Å²) in [7, 11) is 3.09. The first-order chi connectivity index (χ1) is 15.9. The van der Waals surface area contributed by atoms with Gasteiger partial charge in [-0.3, -0.25) is 4.79 Å². The second-order valence-electron chi connectivity index (χ2n) is 7.11. The molecule has 0 saturated heterocycles. The second-order valence-corrected chi connectivity index (χ2v) is 7.42. The summed E-state index contributed by atoms with van der Waals surface area (Å²) >= 11 is 5.58. The normalized spacial score (nSPS) is 13.1. The lowest BCUT2D eigenvalue weighted by molar-refractivity contribution is -0.183. The highest BCUT2D eigenvalue weighted by atomic mass is 35.5. The van der Waals surface area contributed by atoms with Crippen molar-refractivity contribution in [2.24, 2.45) is 0 Å². The molecule has 2 aromatic carbocycles. The predicted octanol–water partition coefficient (Wildman–Crippen LogP) is 2.20. The minimum absolute atomic E-state index is 0.0103. The van der Waals surface area contributed by atoms with E-state index in [9.17, 15) is 15.0 Å². The van der Waals surface area contributed by atoms with Crippen molar-refractivity contribution in [3.63, 3.8) is 0 Å². The average Bonchev–Trinajstić information content (AvgIpc) is 2.86. The van der Waals surface area contributed by atoms with Gasteiger partial charge in [0.15, 0.2) is 0 Å². The summed E-state index contributed by atoms with van der Waals surface area (Å²) < 4.78 is 22.6. The number of hydrogen-bond acceptors (Lipinski definition) is 7. The zero-order valence-electron chi connectivity index (χ0n) is 18.7. The van der Waals surface area contributed by atoms with Crippen molar-refractivity contribution in [1.29, 1.82) is 0 Å². The molecule has 2 rings (SSSR count). The summed E-state index contributed by atoms with van der Waals surface area (Å²) in [5.74, 6) is -0.312. The van der Waals surface area contributed by atoms with Crippen molar-refractivity contribution in [2.45, 2.75) is 18.0 Å². The largest absolute Gasteiger partial charge is 0.491 e. The third-order valence-corrected chi connectivity index (χ3v) is 5.16. The van der Waals surface area contributed by atoms with E-state index in [1.807, 2.05) is 12.1 Å². The molecule has 0 heterocycles. The van der Waals surface area contributed by atoms with Crippen LogP contribution in [-0.2, 0) is 20.1 Å². The fraction of sp³-hybridized carbons (Fsp3) is 0.375. The van der Waals surface area contributed by atoms with Gasteiger partial charge in [0.05, 0.1) is 5.88 Å². The Kier molecular flexibility index (Phi) is 10.6. The van der Waals surface area contributed by atoms with Gasteiger partial charge in [0.2, 0.25) is 11.7 Å². The molecule has 0 aliphatic rings. The highest BCUT2D eigenvalue weighted by Gasteiger charge is 2.34. The lowest BCUT2D eigenvalue weighted by atomic mass is 9.96. The second kappa shape index (κ2) is 13.2. The molecule has 2 atom stereocenters. The van der Waals surface area contributed by atoms with Crippen LogP contribution in [0.2, 0.25) is 0 Å². The molecule has 0 radical (unpaired) electrons. The van der Waals surface area contributed by atoms with E-state index in [-0.39, 0.29) is 31.5 Å². The number of methoxy groups -OCH3 is 2. The smallest absolute Gasteiger partial charge is 0.243 e. The Hall–Kier alpha value is -2.62. The average molecular weight is 480 g/mol. The maximum Gasteiger partial charge on any atom is 0.243 e. The lowest BCUT2D eigenvalue weighted by Crippen LogP contribution is -2.34. The maximum absolute atomic E-state index is 11.2. The number of aliphatic hydroxyl groups excluding tert-OH is 2. The third-order valence-electron chi connectivity index (χ3n) is 4.80. The molecule has 180 valence electrons. The number of hydrogen-bond donors (Lipinski definition) is 3. The quantitative estimate of drug-likeness (QED) is 0.217. The van der Waals surface area contributed by atoms with Crippen LogP contribution in [0.15, 0.2) is 61.2 Å². The molecule has 33 heavy (non-hydrogen) atoms. The number of amides is 1. The highest BCUT2D eigenvalue weighted by molar-refractivity contribution is 6.18. The monoisotopic (exact) mass is 479 g/mol. The van der Waals surface area contributed by atoms with E-state index in [0.717, 1.165) is 17.2 Å². The van der Waals surface area contributed by atoms with Crippen LogP contribution in [0.5, 0.6) is 11.5 Å². The lowest BCUT2D eigenvalue weighted by Gasteiger charge is -2.32. The summed E-state index contributed by atoms with van der Waals surface area (Å²) in [6.45, 7) is 3.52. The van der Waals surface area contributed by atoms with Crippen LogP contribution in [0.4, 0.5) is 0 Å². The first-order valence-corrected chi connectivity index (χ1v) is 10.8. The Labute approximate surface area is 198 Å². The van der Waals surface area contributed by atoms with Crippen LogP contribution in [0.25, 0.3) is 0 Å². The van der Waals surface area contributed by atoms with Gasteiger partial charge in [-0.15, -0.1) is 11.6 Å². The number of alkyl halides is 1. The molecule has 8 nitrogen and oxygen atoms in total. The van der Waals surface area contributed by atoms with Crippen molar-refractivity contribution in [3.05, 3.63) is 72.3 Å². The molecule has 3 N–H and O–H groups in total. The summed E-state index contributed by atoms with van der Waals surface area (Å²) in [5, 5.41) is 22.0. The Balaban J connectivity index is 2.07. The van der Waals surface area contributed by atoms with Crippen LogP contribution in [0.3, 0.4) is 0 Å². The summed E-state index contributed by atoms with van der Waals surface area (Å²) in [4.78, 5) is 11.2. The summed E-state index contributed by atoms with van der Waals surface area (Å²) in [6.07, 6.45) is -0.468. The molecule has 0 spiro atoms. The molecule has 0 bridgehead atoms. The molecule has 0 saturated carbocycles. The molecule has 2 aromatic rings. The first kappa shape index (κ1) is 26.6. The van der Waals surface area contributed by atoms with Crippen molar-refractivity contribution >= 4 is 17.5 Å². The minimum Gasteiger partial charge on any atom is -0.491 e. The fourth-order valence-electron chi connectivity index (χ4n) is 3.04. The van der Waals surface area contributed by atoms with Gasteiger partial charge in [0, 0.05) is 31.9 Å². The van der Waals surface area contributed by atoms with E-state index < -0.39 is 18.0 Å². The van der Waals surface area contributed by atoms with Crippen molar-refractivity contribution in [3.8, 4) is 11.5 Å². The topological polar surface area (TPSA) is 106 Å². The van der Waals surface area contributed by atoms with E-state index in [2.05, 4.69) is 11.9 Å².